The molecule has 1 saturated heterocycles. The molecule has 1 aliphatic rings. The number of likely N-dealkylation sites (tertiary alicyclic amines) is 1. The maximum atomic E-state index is 13.1. The number of piperidine rings is 1. The van der Waals surface area contributed by atoms with E-state index in [1.54, 1.807) is 23.1 Å². The Morgan fingerprint density at radius 3 is 2.46 bits per heavy atom. The van der Waals surface area contributed by atoms with Crippen LogP contribution in [0.15, 0.2) is 24.3 Å². The molecular weight excluding hydrogens is 304 g/mol. The first-order chi connectivity index (χ1) is 11.1. The van der Waals surface area contributed by atoms with Crippen molar-refractivity contribution in [2.24, 2.45) is 17.1 Å². The Labute approximate surface area is 143 Å². The van der Waals surface area contributed by atoms with E-state index in [4.69, 9.17) is 5.73 Å². The first kappa shape index (κ1) is 18.2. The summed E-state index contributed by atoms with van der Waals surface area (Å²) in [5.74, 6) is -0.582. The molecule has 0 saturated carbocycles. The molecule has 1 heterocycles. The van der Waals surface area contributed by atoms with E-state index in [0.717, 1.165) is 5.56 Å². The smallest absolute Gasteiger partial charge is 0.248 e. The third kappa shape index (κ3) is 3.66. The summed E-state index contributed by atoms with van der Waals surface area (Å²) in [5.41, 5.74) is 6.04. The molecule has 1 aromatic carbocycles. The second-order valence-electron chi connectivity index (χ2n) is 7.53. The van der Waals surface area contributed by atoms with Crippen LogP contribution >= 0.6 is 0 Å². The molecule has 5 heteroatoms. The van der Waals surface area contributed by atoms with Crippen molar-refractivity contribution >= 4 is 17.6 Å². The van der Waals surface area contributed by atoms with Crippen molar-refractivity contribution in [2.45, 2.75) is 40.0 Å². The van der Waals surface area contributed by atoms with Gasteiger partial charge in [0.1, 0.15) is 5.78 Å². The van der Waals surface area contributed by atoms with E-state index in [9.17, 15) is 14.4 Å². The van der Waals surface area contributed by atoms with Crippen LogP contribution in [0.1, 0.15) is 56.0 Å². The standard InChI is InChI=1S/C19H26N2O3/c1-12(2)16(13-6-5-7-14(10-13)17(20)23)18(24)21-9-8-15(22)19(3,4)11-21/h5-7,10,12,16H,8-9,11H2,1-4H3,(H2,20,23). The number of hydrogen-bond acceptors (Lipinski definition) is 3. The minimum atomic E-state index is -0.509. The number of rotatable bonds is 4. The highest BCUT2D eigenvalue weighted by Crippen LogP contribution is 2.32. The van der Waals surface area contributed by atoms with Crippen LogP contribution in [0.5, 0.6) is 0 Å². The Morgan fingerprint density at radius 1 is 1.25 bits per heavy atom. The number of carbonyl (C=O) groups is 3. The Kier molecular flexibility index (Phi) is 5.11. The van der Waals surface area contributed by atoms with Gasteiger partial charge in [0.2, 0.25) is 11.8 Å². The molecular formula is C19H26N2O3. The molecule has 0 aromatic heterocycles. The van der Waals surface area contributed by atoms with Crippen LogP contribution in [0.4, 0.5) is 0 Å². The fourth-order valence-electron chi connectivity index (χ4n) is 3.30. The van der Waals surface area contributed by atoms with Gasteiger partial charge in [-0.1, -0.05) is 39.8 Å². The average Bonchev–Trinajstić information content (AvgIpc) is 2.50. The molecule has 130 valence electrons. The highest BCUT2D eigenvalue weighted by atomic mass is 16.2. The van der Waals surface area contributed by atoms with E-state index in [-0.39, 0.29) is 23.5 Å². The quantitative estimate of drug-likeness (QED) is 0.920. The van der Waals surface area contributed by atoms with Gasteiger partial charge in [0.05, 0.1) is 5.92 Å². The highest BCUT2D eigenvalue weighted by molar-refractivity contribution is 5.94. The summed E-state index contributed by atoms with van der Waals surface area (Å²) >= 11 is 0. The SMILES string of the molecule is CC(C)C(C(=O)N1CCC(=O)C(C)(C)C1)c1cccc(C(N)=O)c1. The summed E-state index contributed by atoms with van der Waals surface area (Å²) in [6, 6.07) is 6.96. The fourth-order valence-corrected chi connectivity index (χ4v) is 3.30. The van der Waals surface area contributed by atoms with E-state index in [1.807, 2.05) is 33.8 Å². The van der Waals surface area contributed by atoms with Gasteiger partial charge in [0.25, 0.3) is 0 Å². The summed E-state index contributed by atoms with van der Waals surface area (Å²) in [6.45, 7) is 8.63. The molecule has 0 radical (unpaired) electrons. The minimum Gasteiger partial charge on any atom is -0.366 e. The van der Waals surface area contributed by atoms with E-state index >= 15 is 0 Å². The number of benzene rings is 1. The fraction of sp³-hybridized carbons (Fsp3) is 0.526. The number of amides is 2. The lowest BCUT2D eigenvalue weighted by Gasteiger charge is -2.39. The molecule has 5 nitrogen and oxygen atoms in total. The van der Waals surface area contributed by atoms with Crippen LogP contribution in [0.2, 0.25) is 0 Å². The maximum Gasteiger partial charge on any atom is 0.248 e. The molecule has 0 bridgehead atoms. The Balaban J connectivity index is 2.31. The molecule has 1 unspecified atom stereocenters. The summed E-state index contributed by atoms with van der Waals surface area (Å²) in [5, 5.41) is 0. The zero-order valence-electron chi connectivity index (χ0n) is 14.8. The number of nitrogens with zero attached hydrogens (tertiary/aromatic N) is 1. The van der Waals surface area contributed by atoms with E-state index < -0.39 is 11.3 Å². The number of hydrogen-bond donors (Lipinski definition) is 1. The van der Waals surface area contributed by atoms with Crippen LogP contribution in [0, 0.1) is 11.3 Å². The van der Waals surface area contributed by atoms with Crippen molar-refractivity contribution in [3.63, 3.8) is 0 Å². The van der Waals surface area contributed by atoms with Crippen LogP contribution in [-0.2, 0) is 9.59 Å². The lowest BCUT2D eigenvalue weighted by molar-refractivity contribution is -0.142. The molecule has 0 aliphatic carbocycles. The zero-order valence-corrected chi connectivity index (χ0v) is 14.8. The van der Waals surface area contributed by atoms with Gasteiger partial charge in [-0.05, 0) is 23.6 Å². The van der Waals surface area contributed by atoms with Crippen LogP contribution in [-0.4, -0.2) is 35.6 Å². The molecule has 2 N–H and O–H groups in total. The van der Waals surface area contributed by atoms with Gasteiger partial charge < -0.3 is 10.6 Å². The third-order valence-electron chi connectivity index (χ3n) is 4.72. The van der Waals surface area contributed by atoms with Gasteiger partial charge in [-0.2, -0.15) is 0 Å². The van der Waals surface area contributed by atoms with Crippen molar-refractivity contribution in [1.82, 2.24) is 4.90 Å². The molecule has 1 atom stereocenters. The van der Waals surface area contributed by atoms with Crippen LogP contribution < -0.4 is 5.73 Å². The number of ketones is 1. The van der Waals surface area contributed by atoms with Crippen molar-refractivity contribution in [1.29, 1.82) is 0 Å². The van der Waals surface area contributed by atoms with Gasteiger partial charge in [-0.3, -0.25) is 14.4 Å². The Hall–Kier alpha value is -2.17. The highest BCUT2D eigenvalue weighted by Gasteiger charge is 2.38. The topological polar surface area (TPSA) is 80.5 Å². The molecule has 2 amide bonds. The predicted molar refractivity (Wildman–Crippen MR) is 92.5 cm³/mol. The van der Waals surface area contributed by atoms with E-state index in [1.165, 1.54) is 0 Å². The molecule has 2 rings (SSSR count). The number of carbonyl (C=O) groups excluding carboxylic acids is 3. The largest absolute Gasteiger partial charge is 0.366 e. The lowest BCUT2D eigenvalue weighted by Crippen LogP contribution is -2.50. The Morgan fingerprint density at radius 2 is 1.92 bits per heavy atom. The van der Waals surface area contributed by atoms with Crippen LogP contribution in [0.3, 0.4) is 0 Å². The van der Waals surface area contributed by atoms with Gasteiger partial charge >= 0.3 is 0 Å². The average molecular weight is 330 g/mol. The predicted octanol–water partition coefficient (Wildman–Crippen LogP) is 2.35. The number of primary amides is 1. The molecule has 1 aliphatic heterocycles. The van der Waals surface area contributed by atoms with Gasteiger partial charge in [-0.15, -0.1) is 0 Å². The maximum absolute atomic E-state index is 13.1. The van der Waals surface area contributed by atoms with Crippen molar-refractivity contribution in [2.75, 3.05) is 13.1 Å². The van der Waals surface area contributed by atoms with E-state index in [0.29, 0.717) is 25.1 Å². The van der Waals surface area contributed by atoms with Gasteiger partial charge in [0.15, 0.2) is 0 Å². The van der Waals surface area contributed by atoms with Crippen molar-refractivity contribution in [3.8, 4) is 0 Å². The first-order valence-electron chi connectivity index (χ1n) is 8.35. The monoisotopic (exact) mass is 330 g/mol. The van der Waals surface area contributed by atoms with Crippen molar-refractivity contribution < 1.29 is 14.4 Å². The molecule has 0 spiro atoms. The third-order valence-corrected chi connectivity index (χ3v) is 4.72. The summed E-state index contributed by atoms with van der Waals surface area (Å²) < 4.78 is 0. The minimum absolute atomic E-state index is 0.00666. The number of nitrogens with two attached hydrogens (primary N) is 1. The second kappa shape index (κ2) is 6.75. The summed E-state index contributed by atoms with van der Waals surface area (Å²) in [7, 11) is 0. The second-order valence-corrected chi connectivity index (χ2v) is 7.53. The first-order valence-corrected chi connectivity index (χ1v) is 8.35. The normalized spacial score (nSPS) is 18.5. The lowest BCUT2D eigenvalue weighted by atomic mass is 9.80. The van der Waals surface area contributed by atoms with Gasteiger partial charge in [0, 0.05) is 30.5 Å². The summed E-state index contributed by atoms with van der Waals surface area (Å²) in [4.78, 5) is 38.3. The van der Waals surface area contributed by atoms with Crippen LogP contribution in [0.25, 0.3) is 0 Å². The van der Waals surface area contributed by atoms with Crippen molar-refractivity contribution in [3.05, 3.63) is 35.4 Å². The summed E-state index contributed by atoms with van der Waals surface area (Å²) in [6.07, 6.45) is 0.394. The Bertz CT molecular complexity index is 664. The van der Waals surface area contributed by atoms with E-state index in [2.05, 4.69) is 0 Å². The molecule has 1 fully saturated rings. The molecule has 1 aromatic rings. The van der Waals surface area contributed by atoms with Gasteiger partial charge in [-0.25, -0.2) is 0 Å². The zero-order chi connectivity index (χ0) is 18.1. The molecule has 24 heavy (non-hydrogen) atoms. The number of Topliss-reactive ketones (excluding diaryl/α,β-unsaturated/α-hetero) is 1.